The van der Waals surface area contributed by atoms with E-state index in [4.69, 9.17) is 4.74 Å². The van der Waals surface area contributed by atoms with Crippen LogP contribution in [0.2, 0.25) is 0 Å². The molecular formula is C13H25NO3S. The van der Waals surface area contributed by atoms with Gasteiger partial charge in [-0.15, -0.1) is 0 Å². The minimum Gasteiger partial charge on any atom is -0.381 e. The Balaban J connectivity index is 1.75. The standard InChI is InChI=1S/C13H25NO3S/c1-18(15,16)13-6-2-5-12(8-13)14-9-11-4-3-7-17-10-11/h11-14H,2-10H2,1H3. The number of ether oxygens (including phenoxy) is 1. The van der Waals surface area contributed by atoms with Crippen LogP contribution in [0.3, 0.4) is 0 Å². The van der Waals surface area contributed by atoms with Gasteiger partial charge >= 0.3 is 0 Å². The van der Waals surface area contributed by atoms with Gasteiger partial charge < -0.3 is 10.1 Å². The molecule has 1 heterocycles. The summed E-state index contributed by atoms with van der Waals surface area (Å²) in [5.74, 6) is 0.609. The summed E-state index contributed by atoms with van der Waals surface area (Å²) in [4.78, 5) is 0. The van der Waals surface area contributed by atoms with Crippen LogP contribution in [-0.4, -0.2) is 45.7 Å². The van der Waals surface area contributed by atoms with Crippen molar-refractivity contribution >= 4 is 9.84 Å². The monoisotopic (exact) mass is 275 g/mol. The second-order valence-corrected chi connectivity index (χ2v) is 8.13. The van der Waals surface area contributed by atoms with Crippen LogP contribution < -0.4 is 5.32 Å². The first kappa shape index (κ1) is 14.3. The molecule has 4 nitrogen and oxygen atoms in total. The summed E-state index contributed by atoms with van der Waals surface area (Å²) >= 11 is 0. The number of nitrogens with one attached hydrogen (secondary N) is 1. The molecule has 3 unspecified atom stereocenters. The van der Waals surface area contributed by atoms with Crippen LogP contribution in [0.1, 0.15) is 38.5 Å². The summed E-state index contributed by atoms with van der Waals surface area (Å²) in [7, 11) is -2.87. The molecule has 18 heavy (non-hydrogen) atoms. The normalized spacial score (nSPS) is 34.4. The number of sulfone groups is 1. The topological polar surface area (TPSA) is 55.4 Å². The lowest BCUT2D eigenvalue weighted by molar-refractivity contribution is 0.0533. The highest BCUT2D eigenvalue weighted by atomic mass is 32.2. The maximum atomic E-state index is 11.6. The van der Waals surface area contributed by atoms with E-state index in [1.807, 2.05) is 0 Å². The van der Waals surface area contributed by atoms with E-state index in [9.17, 15) is 8.42 Å². The van der Waals surface area contributed by atoms with Crippen LogP contribution in [0, 0.1) is 5.92 Å². The van der Waals surface area contributed by atoms with Crippen molar-refractivity contribution in [1.82, 2.24) is 5.32 Å². The van der Waals surface area contributed by atoms with Crippen LogP contribution in [-0.2, 0) is 14.6 Å². The van der Waals surface area contributed by atoms with Crippen molar-refractivity contribution in [2.45, 2.75) is 49.8 Å². The molecule has 0 bridgehead atoms. The van der Waals surface area contributed by atoms with Gasteiger partial charge in [-0.25, -0.2) is 8.42 Å². The van der Waals surface area contributed by atoms with Crippen molar-refractivity contribution < 1.29 is 13.2 Å². The Hall–Kier alpha value is -0.130. The minimum atomic E-state index is -2.87. The highest BCUT2D eigenvalue weighted by Crippen LogP contribution is 2.24. The molecule has 2 rings (SSSR count). The van der Waals surface area contributed by atoms with Crippen LogP contribution in [0.5, 0.6) is 0 Å². The molecule has 0 radical (unpaired) electrons. The van der Waals surface area contributed by atoms with Crippen molar-refractivity contribution in [3.05, 3.63) is 0 Å². The predicted molar refractivity (Wildman–Crippen MR) is 72.4 cm³/mol. The van der Waals surface area contributed by atoms with Gasteiger partial charge in [0.25, 0.3) is 0 Å². The fourth-order valence-corrected chi connectivity index (χ4v) is 4.20. The SMILES string of the molecule is CS(=O)(=O)C1CCCC(NCC2CCCOC2)C1. The average Bonchev–Trinajstić information content (AvgIpc) is 2.37. The highest BCUT2D eigenvalue weighted by molar-refractivity contribution is 7.91. The average molecular weight is 275 g/mol. The van der Waals surface area contributed by atoms with Gasteiger partial charge in [0.1, 0.15) is 9.84 Å². The van der Waals surface area contributed by atoms with E-state index in [2.05, 4.69) is 5.32 Å². The smallest absolute Gasteiger partial charge is 0.150 e. The van der Waals surface area contributed by atoms with E-state index >= 15 is 0 Å². The van der Waals surface area contributed by atoms with Crippen LogP contribution in [0.15, 0.2) is 0 Å². The van der Waals surface area contributed by atoms with Gasteiger partial charge in [-0.2, -0.15) is 0 Å². The maximum Gasteiger partial charge on any atom is 0.150 e. The molecule has 0 spiro atoms. The van der Waals surface area contributed by atoms with Crippen molar-refractivity contribution in [3.8, 4) is 0 Å². The summed E-state index contributed by atoms with van der Waals surface area (Å²) in [5.41, 5.74) is 0. The molecule has 0 aromatic rings. The lowest BCUT2D eigenvalue weighted by Crippen LogP contribution is -2.41. The van der Waals surface area contributed by atoms with Crippen LogP contribution in [0.25, 0.3) is 0 Å². The maximum absolute atomic E-state index is 11.6. The van der Waals surface area contributed by atoms with Gasteiger partial charge in [-0.1, -0.05) is 6.42 Å². The first-order valence-corrected chi connectivity index (χ1v) is 9.01. The second-order valence-electron chi connectivity index (χ2n) is 5.81. The van der Waals surface area contributed by atoms with Gasteiger partial charge in [0, 0.05) is 25.4 Å². The van der Waals surface area contributed by atoms with Crippen LogP contribution >= 0.6 is 0 Å². The Morgan fingerprint density at radius 2 is 2.06 bits per heavy atom. The van der Waals surface area contributed by atoms with Crippen molar-refractivity contribution in [3.63, 3.8) is 0 Å². The molecule has 1 saturated carbocycles. The molecule has 5 heteroatoms. The number of hydrogen-bond donors (Lipinski definition) is 1. The third-order valence-corrected chi connectivity index (χ3v) is 5.82. The van der Waals surface area contributed by atoms with E-state index in [1.54, 1.807) is 0 Å². The molecule has 1 aliphatic carbocycles. The molecule has 1 saturated heterocycles. The zero-order valence-corrected chi connectivity index (χ0v) is 12.0. The quantitative estimate of drug-likeness (QED) is 0.841. The Labute approximate surface area is 110 Å². The van der Waals surface area contributed by atoms with Crippen molar-refractivity contribution in [2.24, 2.45) is 5.92 Å². The largest absolute Gasteiger partial charge is 0.381 e. The molecule has 3 atom stereocenters. The number of rotatable bonds is 4. The third kappa shape index (κ3) is 4.21. The summed E-state index contributed by atoms with van der Waals surface area (Å²) in [5, 5.41) is 3.42. The van der Waals surface area contributed by atoms with Gasteiger partial charge in [0.05, 0.1) is 11.9 Å². The number of hydrogen-bond acceptors (Lipinski definition) is 4. The van der Waals surface area contributed by atoms with E-state index < -0.39 is 9.84 Å². The summed E-state index contributed by atoms with van der Waals surface area (Å²) in [6, 6.07) is 0.375. The second kappa shape index (κ2) is 6.35. The molecule has 0 aromatic carbocycles. The summed E-state index contributed by atoms with van der Waals surface area (Å²) < 4.78 is 28.6. The first-order chi connectivity index (χ1) is 8.55. The Morgan fingerprint density at radius 1 is 1.22 bits per heavy atom. The summed E-state index contributed by atoms with van der Waals surface area (Å²) in [6.07, 6.45) is 7.51. The molecule has 0 amide bonds. The van der Waals surface area contributed by atoms with Gasteiger partial charge in [-0.05, 0) is 38.0 Å². The zero-order valence-electron chi connectivity index (χ0n) is 11.2. The zero-order chi connectivity index (χ0) is 13.0. The van der Waals surface area contributed by atoms with Gasteiger partial charge in [0.2, 0.25) is 0 Å². The Kier molecular flexibility index (Phi) is 5.04. The fourth-order valence-electron chi connectivity index (χ4n) is 3.02. The Morgan fingerprint density at radius 3 is 2.72 bits per heavy atom. The van der Waals surface area contributed by atoms with E-state index in [-0.39, 0.29) is 5.25 Å². The van der Waals surface area contributed by atoms with Gasteiger partial charge in [-0.3, -0.25) is 0 Å². The minimum absolute atomic E-state index is 0.133. The lowest BCUT2D eigenvalue weighted by Gasteiger charge is -2.31. The lowest BCUT2D eigenvalue weighted by atomic mass is 9.94. The van der Waals surface area contributed by atoms with Crippen LogP contribution in [0.4, 0.5) is 0 Å². The third-order valence-electron chi connectivity index (χ3n) is 4.18. The first-order valence-electron chi connectivity index (χ1n) is 7.05. The summed E-state index contributed by atoms with van der Waals surface area (Å²) in [6.45, 7) is 2.73. The van der Waals surface area contributed by atoms with Crippen molar-refractivity contribution in [1.29, 1.82) is 0 Å². The predicted octanol–water partition coefficient (Wildman–Crippen LogP) is 1.36. The Bertz CT molecular complexity index is 349. The van der Waals surface area contributed by atoms with Crippen molar-refractivity contribution in [2.75, 3.05) is 26.0 Å². The van der Waals surface area contributed by atoms with E-state index in [0.29, 0.717) is 12.0 Å². The molecule has 0 aromatic heterocycles. The molecule has 1 aliphatic heterocycles. The molecule has 2 aliphatic rings. The van der Waals surface area contributed by atoms with Gasteiger partial charge in [0.15, 0.2) is 0 Å². The molecule has 106 valence electrons. The molecule has 2 fully saturated rings. The van der Waals surface area contributed by atoms with E-state index in [0.717, 1.165) is 51.9 Å². The highest BCUT2D eigenvalue weighted by Gasteiger charge is 2.29. The fraction of sp³-hybridized carbons (Fsp3) is 1.00. The molecule has 1 N–H and O–H groups in total. The molecular weight excluding hydrogens is 250 g/mol. The van der Waals surface area contributed by atoms with E-state index in [1.165, 1.54) is 12.7 Å².